The van der Waals surface area contributed by atoms with Gasteiger partial charge in [0, 0.05) is 11.1 Å². The molecule has 0 aliphatic rings. The van der Waals surface area contributed by atoms with Crippen LogP contribution in [0.2, 0.25) is 0 Å². The normalized spacial score (nSPS) is 12.5. The van der Waals surface area contributed by atoms with Gasteiger partial charge in [0.25, 0.3) is 0 Å². The van der Waals surface area contributed by atoms with Crippen molar-refractivity contribution >= 4 is 0 Å². The lowest BCUT2D eigenvalue weighted by Crippen LogP contribution is -2.06. The van der Waals surface area contributed by atoms with Gasteiger partial charge in [-0.25, -0.2) is 4.98 Å². The molecule has 0 bridgehead atoms. The number of aromatic nitrogens is 2. The second kappa shape index (κ2) is 8.27. The van der Waals surface area contributed by atoms with Crippen molar-refractivity contribution in [1.29, 1.82) is 0 Å². The molecule has 0 aliphatic heterocycles. The van der Waals surface area contributed by atoms with E-state index in [2.05, 4.69) is 4.98 Å². The van der Waals surface area contributed by atoms with Crippen molar-refractivity contribution < 1.29 is 32.5 Å². The molecule has 30 heavy (non-hydrogen) atoms. The lowest BCUT2D eigenvalue weighted by atomic mass is 10.0. The average Bonchev–Trinajstić information content (AvgIpc) is 3.17. The van der Waals surface area contributed by atoms with Crippen LogP contribution < -0.4 is 14.2 Å². The zero-order valence-corrected chi connectivity index (χ0v) is 16.8. The van der Waals surface area contributed by atoms with Gasteiger partial charge in [-0.05, 0) is 31.2 Å². The highest BCUT2D eigenvalue weighted by atomic mass is 19.4. The number of imidazole rings is 1. The third-order valence-electron chi connectivity index (χ3n) is 4.62. The number of methoxy groups -OCH3 is 3. The topological polar surface area (TPSA) is 65.7 Å². The third-order valence-corrected chi connectivity index (χ3v) is 4.62. The number of hydrogen-bond acceptors (Lipinski definition) is 5. The first-order chi connectivity index (χ1) is 14.2. The lowest BCUT2D eigenvalue weighted by Gasteiger charge is -2.16. The number of hydrogen-bond donors (Lipinski definition) is 1. The van der Waals surface area contributed by atoms with E-state index in [4.69, 9.17) is 14.2 Å². The second-order valence-electron chi connectivity index (χ2n) is 6.47. The van der Waals surface area contributed by atoms with Crippen molar-refractivity contribution in [3.8, 4) is 39.8 Å². The molecule has 0 saturated heterocycles. The van der Waals surface area contributed by atoms with Crippen molar-refractivity contribution in [2.24, 2.45) is 0 Å². The van der Waals surface area contributed by atoms with E-state index in [0.717, 1.165) is 12.1 Å². The zero-order valence-electron chi connectivity index (χ0n) is 16.8. The molecule has 1 N–H and O–H groups in total. The smallest absolute Gasteiger partial charge is 0.416 e. The highest BCUT2D eigenvalue weighted by Gasteiger charge is 2.30. The Hall–Kier alpha value is -3.20. The van der Waals surface area contributed by atoms with E-state index in [0.29, 0.717) is 39.8 Å². The summed E-state index contributed by atoms with van der Waals surface area (Å²) in [5.41, 5.74) is 1.18. The first kappa shape index (κ1) is 21.5. The number of alkyl halides is 3. The first-order valence-electron chi connectivity index (χ1n) is 8.94. The Morgan fingerprint density at radius 3 is 1.93 bits per heavy atom. The Kier molecular flexibility index (Phi) is 5.93. The van der Waals surface area contributed by atoms with Crippen LogP contribution in [0.25, 0.3) is 22.5 Å². The Bertz CT molecular complexity index is 1000. The van der Waals surface area contributed by atoms with Gasteiger partial charge >= 0.3 is 6.18 Å². The summed E-state index contributed by atoms with van der Waals surface area (Å²) < 4.78 is 56.4. The molecule has 3 rings (SSSR count). The lowest BCUT2D eigenvalue weighted by molar-refractivity contribution is -0.137. The molecule has 0 amide bonds. The van der Waals surface area contributed by atoms with Gasteiger partial charge in [-0.2, -0.15) is 13.2 Å². The van der Waals surface area contributed by atoms with E-state index in [9.17, 15) is 18.3 Å². The predicted octanol–water partition coefficient (Wildman–Crippen LogP) is 4.77. The molecule has 1 atom stereocenters. The van der Waals surface area contributed by atoms with Gasteiger partial charge in [-0.3, -0.25) is 0 Å². The number of nitrogens with zero attached hydrogens (tertiary/aromatic N) is 2. The molecule has 1 unspecified atom stereocenters. The van der Waals surface area contributed by atoms with Crippen LogP contribution in [0.15, 0.2) is 42.7 Å². The SMILES string of the molecule is COc1cc(-c2ncn(C(C)O)c2-c2ccc(C(F)(F)F)cc2)cc(OC)c1OC. The molecule has 0 aliphatic carbocycles. The van der Waals surface area contributed by atoms with Crippen LogP contribution in [0.5, 0.6) is 17.2 Å². The fourth-order valence-corrected chi connectivity index (χ4v) is 3.18. The van der Waals surface area contributed by atoms with E-state index in [1.807, 2.05) is 0 Å². The molecule has 160 valence electrons. The molecule has 0 spiro atoms. The second-order valence-corrected chi connectivity index (χ2v) is 6.47. The van der Waals surface area contributed by atoms with Crippen molar-refractivity contribution in [2.45, 2.75) is 19.3 Å². The Morgan fingerprint density at radius 1 is 0.933 bits per heavy atom. The summed E-state index contributed by atoms with van der Waals surface area (Å²) in [4.78, 5) is 4.39. The fourth-order valence-electron chi connectivity index (χ4n) is 3.18. The van der Waals surface area contributed by atoms with Gasteiger partial charge in [-0.15, -0.1) is 0 Å². The number of halogens is 3. The van der Waals surface area contributed by atoms with E-state index in [1.54, 1.807) is 12.1 Å². The summed E-state index contributed by atoms with van der Waals surface area (Å²) in [6.45, 7) is 1.54. The number of aliphatic hydroxyl groups is 1. The maximum Gasteiger partial charge on any atom is 0.416 e. The molecule has 3 aromatic rings. The third kappa shape index (κ3) is 3.93. The Balaban J connectivity index is 2.21. The fraction of sp³-hybridized carbons (Fsp3) is 0.286. The van der Waals surface area contributed by atoms with Crippen molar-refractivity contribution in [3.63, 3.8) is 0 Å². The van der Waals surface area contributed by atoms with Crippen LogP contribution in [-0.4, -0.2) is 36.0 Å². The molecule has 0 saturated carbocycles. The standard InChI is InChI=1S/C21H21F3N2O4/c1-12(27)26-11-25-18(14-9-16(28-2)20(30-4)17(10-14)29-3)19(26)13-5-7-15(8-6-13)21(22,23)24/h5-12,27H,1-4H3. The Morgan fingerprint density at radius 2 is 1.50 bits per heavy atom. The van der Waals surface area contributed by atoms with Gasteiger partial charge in [0.1, 0.15) is 6.23 Å². The van der Waals surface area contributed by atoms with Gasteiger partial charge in [0.15, 0.2) is 11.5 Å². The molecule has 6 nitrogen and oxygen atoms in total. The highest BCUT2D eigenvalue weighted by molar-refractivity contribution is 5.81. The number of ether oxygens (including phenoxy) is 3. The molecular formula is C21H21F3N2O4. The predicted molar refractivity (Wildman–Crippen MR) is 105 cm³/mol. The van der Waals surface area contributed by atoms with Gasteiger partial charge in [0.05, 0.1) is 44.6 Å². The molecule has 1 heterocycles. The summed E-state index contributed by atoms with van der Waals surface area (Å²) in [6, 6.07) is 8.05. The molecule has 0 fully saturated rings. The average molecular weight is 422 g/mol. The molecule has 9 heteroatoms. The van der Waals surface area contributed by atoms with Crippen molar-refractivity contribution in [3.05, 3.63) is 48.3 Å². The summed E-state index contributed by atoms with van der Waals surface area (Å²) in [5.74, 6) is 1.20. The molecule has 0 radical (unpaired) electrons. The summed E-state index contributed by atoms with van der Waals surface area (Å²) in [6.07, 6.45) is -3.97. The highest BCUT2D eigenvalue weighted by Crippen LogP contribution is 2.43. The van der Waals surface area contributed by atoms with E-state index in [1.165, 1.54) is 51.3 Å². The Labute approximate surface area is 171 Å². The molecule has 1 aromatic heterocycles. The summed E-state index contributed by atoms with van der Waals surface area (Å²) in [7, 11) is 4.44. The monoisotopic (exact) mass is 422 g/mol. The number of aliphatic hydroxyl groups excluding tert-OH is 1. The van der Waals surface area contributed by atoms with Gasteiger partial charge in [0.2, 0.25) is 5.75 Å². The van der Waals surface area contributed by atoms with E-state index >= 15 is 0 Å². The van der Waals surface area contributed by atoms with Gasteiger partial charge in [-0.1, -0.05) is 12.1 Å². The molecular weight excluding hydrogens is 401 g/mol. The van der Waals surface area contributed by atoms with Crippen LogP contribution in [0.1, 0.15) is 18.7 Å². The van der Waals surface area contributed by atoms with Gasteiger partial charge < -0.3 is 23.9 Å². The van der Waals surface area contributed by atoms with E-state index < -0.39 is 18.0 Å². The minimum Gasteiger partial charge on any atom is -0.493 e. The largest absolute Gasteiger partial charge is 0.493 e. The molecule has 2 aromatic carbocycles. The minimum atomic E-state index is -4.44. The number of rotatable bonds is 6. The quantitative estimate of drug-likeness (QED) is 0.620. The van der Waals surface area contributed by atoms with Crippen LogP contribution >= 0.6 is 0 Å². The number of benzene rings is 2. The van der Waals surface area contributed by atoms with Crippen molar-refractivity contribution in [1.82, 2.24) is 9.55 Å². The van der Waals surface area contributed by atoms with Crippen LogP contribution in [0, 0.1) is 0 Å². The maximum atomic E-state index is 13.0. The summed E-state index contributed by atoms with van der Waals surface area (Å²) in [5, 5.41) is 10.2. The van der Waals surface area contributed by atoms with E-state index in [-0.39, 0.29) is 0 Å². The minimum absolute atomic E-state index is 0.398. The maximum absolute atomic E-state index is 13.0. The van der Waals surface area contributed by atoms with Crippen LogP contribution in [0.4, 0.5) is 13.2 Å². The van der Waals surface area contributed by atoms with Crippen molar-refractivity contribution in [2.75, 3.05) is 21.3 Å². The van der Waals surface area contributed by atoms with Crippen LogP contribution in [0.3, 0.4) is 0 Å². The van der Waals surface area contributed by atoms with Crippen LogP contribution in [-0.2, 0) is 6.18 Å². The summed E-state index contributed by atoms with van der Waals surface area (Å²) >= 11 is 0. The first-order valence-corrected chi connectivity index (χ1v) is 8.94. The zero-order chi connectivity index (χ0) is 22.1.